The first-order valence-corrected chi connectivity index (χ1v) is 14.0. The Morgan fingerprint density at radius 1 is 1.08 bits per heavy atom. The fourth-order valence-electron chi connectivity index (χ4n) is 4.55. The zero-order valence-corrected chi connectivity index (χ0v) is 23.0. The van der Waals surface area contributed by atoms with Gasteiger partial charge in [0.25, 0.3) is 10.0 Å². The van der Waals surface area contributed by atoms with Gasteiger partial charge in [0, 0.05) is 24.1 Å². The number of aromatic carboxylic acids is 1. The molecule has 2 aromatic carbocycles. The highest BCUT2D eigenvalue weighted by atomic mass is 32.2. The fourth-order valence-corrected chi connectivity index (χ4v) is 5.83. The average molecular weight is 537 g/mol. The molecule has 4 rings (SSSR count). The molecule has 2 N–H and O–H groups in total. The van der Waals surface area contributed by atoms with Crippen molar-refractivity contribution in [2.75, 3.05) is 4.72 Å². The van der Waals surface area contributed by atoms with E-state index in [0.717, 1.165) is 28.9 Å². The fraction of sp³-hybridized carbons (Fsp3) is 0.321. The highest BCUT2D eigenvalue weighted by Crippen LogP contribution is 2.32. The third-order valence-corrected chi connectivity index (χ3v) is 8.01. The number of aromatic nitrogens is 3. The average Bonchev–Trinajstić information content (AvgIpc) is 3.38. The van der Waals surface area contributed by atoms with Gasteiger partial charge in [-0.3, -0.25) is 4.72 Å². The van der Waals surface area contributed by atoms with Crippen molar-refractivity contribution in [3.8, 4) is 11.1 Å². The summed E-state index contributed by atoms with van der Waals surface area (Å²) in [7, 11) is -3.95. The molecule has 10 heteroatoms. The minimum absolute atomic E-state index is 0.122. The molecule has 0 aliphatic heterocycles. The molecule has 0 unspecified atom stereocenters. The third-order valence-electron chi connectivity index (χ3n) is 6.62. The topological polar surface area (TPSA) is 127 Å². The molecular formula is C28H32N4O5S. The second-order valence-corrected chi connectivity index (χ2v) is 10.9. The molecule has 0 fully saturated rings. The van der Waals surface area contributed by atoms with Gasteiger partial charge in [-0.2, -0.15) is 0 Å². The molecule has 0 bridgehead atoms. The molecule has 2 heterocycles. The highest BCUT2D eigenvalue weighted by molar-refractivity contribution is 7.92. The Kier molecular flexibility index (Phi) is 7.73. The first kappa shape index (κ1) is 27.1. The van der Waals surface area contributed by atoms with E-state index in [1.54, 1.807) is 42.7 Å². The summed E-state index contributed by atoms with van der Waals surface area (Å²) in [6.07, 6.45) is 2.07. The standard InChI is InChI=1S/C28H32N4O5S/c1-6-10-25-29-23(7-2)26(28(33)34)32(25)16-20-13-14-21(17(3)15-20)22-11-8-9-12-24(22)38(35,36)31-27-18(4)19(5)37-30-27/h8-9,11-15H,6-7,10,16H2,1-5H3,(H,30,31)(H,33,34). The minimum atomic E-state index is -3.95. The predicted molar refractivity (Wildman–Crippen MR) is 145 cm³/mol. The molecule has 0 amide bonds. The van der Waals surface area contributed by atoms with Gasteiger partial charge in [-0.05, 0) is 56.4 Å². The summed E-state index contributed by atoms with van der Waals surface area (Å²) < 4.78 is 36.1. The van der Waals surface area contributed by atoms with Gasteiger partial charge < -0.3 is 14.2 Å². The van der Waals surface area contributed by atoms with Crippen LogP contribution in [0.4, 0.5) is 5.82 Å². The summed E-state index contributed by atoms with van der Waals surface area (Å²) >= 11 is 0. The van der Waals surface area contributed by atoms with Gasteiger partial charge in [0.2, 0.25) is 0 Å². The summed E-state index contributed by atoms with van der Waals surface area (Å²) in [4.78, 5) is 16.8. The number of benzene rings is 2. The van der Waals surface area contributed by atoms with Crippen molar-refractivity contribution in [1.82, 2.24) is 14.7 Å². The lowest BCUT2D eigenvalue weighted by molar-refractivity contribution is 0.0684. The molecular weight excluding hydrogens is 504 g/mol. The van der Waals surface area contributed by atoms with Crippen LogP contribution in [0.2, 0.25) is 0 Å². The van der Waals surface area contributed by atoms with Crippen LogP contribution >= 0.6 is 0 Å². The van der Waals surface area contributed by atoms with Crippen molar-refractivity contribution in [3.63, 3.8) is 0 Å². The number of carboxylic acid groups (broad SMARTS) is 1. The summed E-state index contributed by atoms with van der Waals surface area (Å²) in [5.41, 5.74) is 4.50. The number of nitrogens with one attached hydrogen (secondary N) is 1. The van der Waals surface area contributed by atoms with E-state index in [2.05, 4.69) is 14.9 Å². The van der Waals surface area contributed by atoms with Crippen molar-refractivity contribution < 1.29 is 22.8 Å². The molecule has 38 heavy (non-hydrogen) atoms. The van der Waals surface area contributed by atoms with E-state index < -0.39 is 16.0 Å². The molecule has 9 nitrogen and oxygen atoms in total. The van der Waals surface area contributed by atoms with Crippen LogP contribution in [0.3, 0.4) is 0 Å². The second kappa shape index (κ2) is 10.8. The molecule has 0 aliphatic carbocycles. The minimum Gasteiger partial charge on any atom is -0.477 e. The van der Waals surface area contributed by atoms with Gasteiger partial charge in [-0.1, -0.05) is 55.4 Å². The number of anilines is 1. The van der Waals surface area contributed by atoms with Crippen molar-refractivity contribution in [3.05, 3.63) is 82.1 Å². The third kappa shape index (κ3) is 5.22. The molecule has 0 saturated carbocycles. The number of nitrogens with zero attached hydrogens (tertiary/aromatic N) is 3. The number of hydrogen-bond donors (Lipinski definition) is 2. The van der Waals surface area contributed by atoms with E-state index >= 15 is 0 Å². The second-order valence-electron chi connectivity index (χ2n) is 9.28. The van der Waals surface area contributed by atoms with Gasteiger partial charge in [0.15, 0.2) is 11.5 Å². The largest absolute Gasteiger partial charge is 0.477 e. The Morgan fingerprint density at radius 2 is 1.82 bits per heavy atom. The van der Waals surface area contributed by atoms with E-state index in [4.69, 9.17) is 4.52 Å². The zero-order chi connectivity index (χ0) is 27.6. The van der Waals surface area contributed by atoms with Crippen LogP contribution in [0.5, 0.6) is 0 Å². The normalized spacial score (nSPS) is 11.6. The van der Waals surface area contributed by atoms with E-state index in [1.165, 1.54) is 0 Å². The molecule has 200 valence electrons. The molecule has 0 aliphatic rings. The van der Waals surface area contributed by atoms with Crippen LogP contribution in [-0.4, -0.2) is 34.2 Å². The van der Waals surface area contributed by atoms with Crippen LogP contribution in [0.25, 0.3) is 11.1 Å². The number of rotatable bonds is 10. The quantitative estimate of drug-likeness (QED) is 0.273. The summed E-state index contributed by atoms with van der Waals surface area (Å²) in [5.74, 6) is 0.464. The smallest absolute Gasteiger partial charge is 0.354 e. The number of carbonyl (C=O) groups is 1. The number of imidazole rings is 1. The van der Waals surface area contributed by atoms with Crippen LogP contribution in [0.15, 0.2) is 51.9 Å². The first-order chi connectivity index (χ1) is 18.1. The molecule has 4 aromatic rings. The van der Waals surface area contributed by atoms with Gasteiger partial charge in [-0.15, -0.1) is 0 Å². The first-order valence-electron chi connectivity index (χ1n) is 12.5. The maximum absolute atomic E-state index is 13.3. The summed E-state index contributed by atoms with van der Waals surface area (Å²) in [6.45, 7) is 9.67. The number of aryl methyl sites for hydroxylation is 4. The lowest BCUT2D eigenvalue weighted by Crippen LogP contribution is -2.15. The Balaban J connectivity index is 1.71. The zero-order valence-electron chi connectivity index (χ0n) is 22.2. The van der Waals surface area contributed by atoms with Crippen molar-refractivity contribution in [2.24, 2.45) is 0 Å². The Hall–Kier alpha value is -3.92. The number of sulfonamides is 1. The Bertz CT molecular complexity index is 1600. The summed E-state index contributed by atoms with van der Waals surface area (Å²) in [5, 5.41) is 13.7. The molecule has 0 radical (unpaired) electrons. The van der Waals surface area contributed by atoms with Crippen LogP contribution in [-0.2, 0) is 29.4 Å². The predicted octanol–water partition coefficient (Wildman–Crippen LogP) is 5.53. The van der Waals surface area contributed by atoms with Crippen LogP contribution in [0.1, 0.15) is 64.7 Å². The Labute approximate surface area is 222 Å². The van der Waals surface area contributed by atoms with E-state index in [-0.39, 0.29) is 16.4 Å². The summed E-state index contributed by atoms with van der Waals surface area (Å²) in [6, 6.07) is 12.5. The number of carboxylic acids is 1. The Morgan fingerprint density at radius 3 is 2.42 bits per heavy atom. The van der Waals surface area contributed by atoms with Gasteiger partial charge in [0.1, 0.15) is 11.6 Å². The van der Waals surface area contributed by atoms with Gasteiger partial charge in [-0.25, -0.2) is 18.2 Å². The highest BCUT2D eigenvalue weighted by Gasteiger charge is 2.24. The van der Waals surface area contributed by atoms with E-state index in [1.807, 2.05) is 39.0 Å². The van der Waals surface area contributed by atoms with Crippen LogP contribution in [0, 0.1) is 20.8 Å². The molecule has 2 aromatic heterocycles. The van der Waals surface area contributed by atoms with Gasteiger partial charge in [0.05, 0.1) is 10.6 Å². The lowest BCUT2D eigenvalue weighted by atomic mass is 9.98. The van der Waals surface area contributed by atoms with Gasteiger partial charge >= 0.3 is 5.97 Å². The molecule has 0 atom stereocenters. The number of hydrogen-bond acceptors (Lipinski definition) is 6. The van der Waals surface area contributed by atoms with Crippen molar-refractivity contribution in [2.45, 2.75) is 65.3 Å². The SMILES string of the molecule is CCCc1nc(CC)c(C(=O)O)n1Cc1ccc(-c2ccccc2S(=O)(=O)Nc2noc(C)c2C)c(C)c1. The maximum atomic E-state index is 13.3. The molecule has 0 saturated heterocycles. The van der Waals surface area contributed by atoms with E-state index in [9.17, 15) is 18.3 Å². The van der Waals surface area contributed by atoms with Crippen molar-refractivity contribution >= 4 is 21.8 Å². The monoisotopic (exact) mass is 536 g/mol. The van der Waals surface area contributed by atoms with E-state index in [0.29, 0.717) is 42.0 Å². The maximum Gasteiger partial charge on any atom is 0.354 e. The molecule has 0 spiro atoms. The lowest BCUT2D eigenvalue weighted by Gasteiger charge is -2.15. The van der Waals surface area contributed by atoms with Crippen molar-refractivity contribution in [1.29, 1.82) is 0 Å². The van der Waals surface area contributed by atoms with Crippen LogP contribution < -0.4 is 4.72 Å².